The summed E-state index contributed by atoms with van der Waals surface area (Å²) in [6.45, 7) is 4.38. The first-order chi connectivity index (χ1) is 27.9. The van der Waals surface area contributed by atoms with E-state index >= 15 is 0 Å². The van der Waals surface area contributed by atoms with E-state index in [4.69, 9.17) is 18.9 Å². The highest BCUT2D eigenvalue weighted by atomic mass is 16.7. The Morgan fingerprint density at radius 1 is 0.579 bits per heavy atom. The van der Waals surface area contributed by atoms with Gasteiger partial charge in [-0.25, -0.2) is 0 Å². The summed E-state index contributed by atoms with van der Waals surface area (Å²) in [5.74, 6) is -0.324. The molecule has 1 aliphatic heterocycles. The Bertz CT molecular complexity index is 1050. The standard InChI is InChI=1S/C48H84O9/c1-3-5-7-9-11-13-15-17-19-20-21-22-23-24-26-28-30-32-34-36-38-54-40-42(41-55-48-47(53)46(52)45(51)43(39-49)57-48)56-44(50)37-35-33-31-29-27-25-18-16-14-12-10-8-6-4-2/h5,7,11,13,17,19,21-22,24,26,42-43,45-49,51-53H,3-4,6,8-10,12,14-16,18,20,23,25,27-41H2,1-2H3/b7-5-,13-11-,19-17-,22-21-,26-24-. The molecule has 0 saturated carbocycles. The fraction of sp³-hybridized carbons (Fsp3) is 0.771. The minimum atomic E-state index is -1.54. The van der Waals surface area contributed by atoms with E-state index in [0.29, 0.717) is 13.0 Å². The summed E-state index contributed by atoms with van der Waals surface area (Å²) in [5.41, 5.74) is 0. The molecule has 1 rings (SSSR count). The Labute approximate surface area is 347 Å². The largest absolute Gasteiger partial charge is 0.457 e. The number of carbonyl (C=O) groups excluding carboxylic acids is 1. The summed E-state index contributed by atoms with van der Waals surface area (Å²) in [7, 11) is 0. The van der Waals surface area contributed by atoms with Gasteiger partial charge < -0.3 is 39.4 Å². The Morgan fingerprint density at radius 2 is 1.07 bits per heavy atom. The summed E-state index contributed by atoms with van der Waals surface area (Å²) in [6.07, 6.45) is 42.4. The first-order valence-electron chi connectivity index (χ1n) is 22.9. The summed E-state index contributed by atoms with van der Waals surface area (Å²) in [5, 5.41) is 40.1. The molecule has 57 heavy (non-hydrogen) atoms. The van der Waals surface area contributed by atoms with E-state index in [2.05, 4.69) is 74.6 Å². The van der Waals surface area contributed by atoms with E-state index in [1.54, 1.807) is 0 Å². The third-order valence-electron chi connectivity index (χ3n) is 10.2. The number of unbranched alkanes of at least 4 members (excludes halogenated alkanes) is 17. The molecule has 330 valence electrons. The Hall–Kier alpha value is -2.11. The molecular formula is C48H84O9. The van der Waals surface area contributed by atoms with E-state index in [-0.39, 0.29) is 19.2 Å². The molecule has 0 aromatic heterocycles. The normalized spacial score (nSPS) is 21.0. The third kappa shape index (κ3) is 30.6. The van der Waals surface area contributed by atoms with Crippen molar-refractivity contribution < 1.29 is 44.2 Å². The van der Waals surface area contributed by atoms with Gasteiger partial charge >= 0.3 is 5.97 Å². The molecule has 9 heteroatoms. The quantitative estimate of drug-likeness (QED) is 0.0273. The van der Waals surface area contributed by atoms with Gasteiger partial charge in [-0.3, -0.25) is 4.79 Å². The van der Waals surface area contributed by atoms with E-state index in [9.17, 15) is 25.2 Å². The van der Waals surface area contributed by atoms with Crippen molar-refractivity contribution in [1.82, 2.24) is 0 Å². The zero-order valence-corrected chi connectivity index (χ0v) is 36.1. The van der Waals surface area contributed by atoms with Gasteiger partial charge in [0.1, 0.15) is 30.5 Å². The van der Waals surface area contributed by atoms with Crippen molar-refractivity contribution in [2.24, 2.45) is 0 Å². The van der Waals surface area contributed by atoms with Crippen molar-refractivity contribution >= 4 is 5.97 Å². The maximum absolute atomic E-state index is 12.8. The van der Waals surface area contributed by atoms with Crippen LogP contribution in [0.1, 0.15) is 174 Å². The predicted molar refractivity (Wildman–Crippen MR) is 233 cm³/mol. The lowest BCUT2D eigenvalue weighted by Gasteiger charge is -2.39. The molecule has 0 radical (unpaired) electrons. The second kappa shape index (κ2) is 39.4. The van der Waals surface area contributed by atoms with Crippen LogP contribution in [0.5, 0.6) is 0 Å². The van der Waals surface area contributed by atoms with Crippen LogP contribution in [0.2, 0.25) is 0 Å². The van der Waals surface area contributed by atoms with E-state index in [1.165, 1.54) is 70.6 Å². The number of aliphatic hydroxyl groups is 4. The average molecular weight is 805 g/mol. The minimum absolute atomic E-state index is 0.125. The summed E-state index contributed by atoms with van der Waals surface area (Å²) >= 11 is 0. The monoisotopic (exact) mass is 805 g/mol. The lowest BCUT2D eigenvalue weighted by Crippen LogP contribution is -2.59. The molecule has 0 amide bonds. The van der Waals surface area contributed by atoms with Gasteiger partial charge in [-0.2, -0.15) is 0 Å². The van der Waals surface area contributed by atoms with Crippen molar-refractivity contribution in [3.8, 4) is 0 Å². The van der Waals surface area contributed by atoms with Crippen molar-refractivity contribution in [1.29, 1.82) is 0 Å². The molecule has 1 aliphatic rings. The van der Waals surface area contributed by atoms with Crippen LogP contribution < -0.4 is 0 Å². The molecule has 1 saturated heterocycles. The fourth-order valence-electron chi connectivity index (χ4n) is 6.64. The number of ether oxygens (including phenoxy) is 4. The van der Waals surface area contributed by atoms with Gasteiger partial charge in [0.15, 0.2) is 6.29 Å². The average Bonchev–Trinajstić information content (AvgIpc) is 3.21. The van der Waals surface area contributed by atoms with Crippen molar-refractivity contribution in [2.75, 3.05) is 26.4 Å². The number of carbonyl (C=O) groups is 1. The van der Waals surface area contributed by atoms with Crippen molar-refractivity contribution in [3.05, 3.63) is 60.8 Å². The summed E-state index contributed by atoms with van der Waals surface area (Å²) in [4.78, 5) is 12.8. The number of hydrogen-bond donors (Lipinski definition) is 4. The molecule has 4 N–H and O–H groups in total. The van der Waals surface area contributed by atoms with Gasteiger partial charge in [0.25, 0.3) is 0 Å². The lowest BCUT2D eigenvalue weighted by molar-refractivity contribution is -0.305. The molecule has 6 unspecified atom stereocenters. The first kappa shape index (κ1) is 52.9. The van der Waals surface area contributed by atoms with Gasteiger partial charge in [0, 0.05) is 13.0 Å². The zero-order chi connectivity index (χ0) is 41.4. The van der Waals surface area contributed by atoms with Gasteiger partial charge in [-0.05, 0) is 57.8 Å². The third-order valence-corrected chi connectivity index (χ3v) is 10.2. The Morgan fingerprint density at radius 3 is 1.61 bits per heavy atom. The maximum atomic E-state index is 12.8. The van der Waals surface area contributed by atoms with Gasteiger partial charge in [-0.15, -0.1) is 0 Å². The van der Waals surface area contributed by atoms with Crippen molar-refractivity contribution in [3.63, 3.8) is 0 Å². The molecule has 0 spiro atoms. The van der Waals surface area contributed by atoms with Crippen LogP contribution in [-0.4, -0.2) is 89.6 Å². The Balaban J connectivity index is 2.28. The summed E-state index contributed by atoms with van der Waals surface area (Å²) in [6, 6.07) is 0. The second-order valence-corrected chi connectivity index (χ2v) is 15.5. The van der Waals surface area contributed by atoms with Crippen LogP contribution in [0, 0.1) is 0 Å². The maximum Gasteiger partial charge on any atom is 0.306 e. The van der Waals surface area contributed by atoms with Crippen molar-refractivity contribution in [2.45, 2.75) is 211 Å². The van der Waals surface area contributed by atoms with Crippen LogP contribution in [0.25, 0.3) is 0 Å². The number of hydrogen-bond acceptors (Lipinski definition) is 9. The van der Waals surface area contributed by atoms with E-state index in [0.717, 1.165) is 83.5 Å². The molecule has 0 bridgehead atoms. The highest BCUT2D eigenvalue weighted by Gasteiger charge is 2.44. The predicted octanol–water partition coefficient (Wildman–Crippen LogP) is 10.3. The molecule has 6 atom stereocenters. The van der Waals surface area contributed by atoms with Gasteiger partial charge in [-0.1, -0.05) is 171 Å². The van der Waals surface area contributed by atoms with Crippen LogP contribution in [0.4, 0.5) is 0 Å². The molecule has 0 aromatic rings. The highest BCUT2D eigenvalue weighted by molar-refractivity contribution is 5.69. The highest BCUT2D eigenvalue weighted by Crippen LogP contribution is 2.22. The topological polar surface area (TPSA) is 135 Å². The summed E-state index contributed by atoms with van der Waals surface area (Å²) < 4.78 is 22.8. The molecule has 0 aliphatic carbocycles. The van der Waals surface area contributed by atoms with Gasteiger partial charge in [0.2, 0.25) is 0 Å². The van der Waals surface area contributed by atoms with Crippen LogP contribution >= 0.6 is 0 Å². The molecular weight excluding hydrogens is 721 g/mol. The van der Waals surface area contributed by atoms with E-state index in [1.807, 2.05) is 0 Å². The second-order valence-electron chi connectivity index (χ2n) is 15.5. The number of aliphatic hydroxyl groups excluding tert-OH is 4. The SMILES string of the molecule is CC/C=C\C/C=C\C/C=C\C/C=C\C/C=C\CCCCCCOCC(COC1OC(CO)C(O)C(O)C1O)OC(=O)CCCCCCCCCCCCCCCC. The van der Waals surface area contributed by atoms with Gasteiger partial charge in [0.05, 0.1) is 19.8 Å². The number of allylic oxidation sites excluding steroid dienone is 10. The lowest BCUT2D eigenvalue weighted by atomic mass is 9.99. The van der Waals surface area contributed by atoms with E-state index < -0.39 is 43.4 Å². The number of esters is 1. The fourth-order valence-corrected chi connectivity index (χ4v) is 6.64. The molecule has 1 fully saturated rings. The molecule has 9 nitrogen and oxygen atoms in total. The molecule has 0 aromatic carbocycles. The van der Waals surface area contributed by atoms with Crippen LogP contribution in [0.3, 0.4) is 0 Å². The smallest absolute Gasteiger partial charge is 0.306 e. The molecule has 1 heterocycles. The zero-order valence-electron chi connectivity index (χ0n) is 36.1. The van der Waals surface area contributed by atoms with Crippen LogP contribution in [0.15, 0.2) is 60.8 Å². The Kier molecular flexibility index (Phi) is 36.5. The first-order valence-corrected chi connectivity index (χ1v) is 22.9. The minimum Gasteiger partial charge on any atom is -0.457 e. The number of rotatable bonds is 38. The van der Waals surface area contributed by atoms with Crippen LogP contribution in [-0.2, 0) is 23.7 Å².